The van der Waals surface area contributed by atoms with Crippen molar-refractivity contribution in [1.82, 2.24) is 0 Å². The molecule has 3 rings (SSSR count). The van der Waals surface area contributed by atoms with Crippen molar-refractivity contribution >= 4 is 11.6 Å². The summed E-state index contributed by atoms with van der Waals surface area (Å²) in [6.07, 6.45) is -0.334. The number of benzene rings is 2. The SMILES string of the molecule is CC(N)C(Oc1ccc2c(c1)OCO2)c1ccccc1Cl. The van der Waals surface area contributed by atoms with E-state index in [2.05, 4.69) is 0 Å². The topological polar surface area (TPSA) is 53.7 Å². The summed E-state index contributed by atoms with van der Waals surface area (Å²) in [5.74, 6) is 2.06. The minimum Gasteiger partial charge on any atom is -0.484 e. The molecule has 4 nitrogen and oxygen atoms in total. The van der Waals surface area contributed by atoms with Gasteiger partial charge in [-0.3, -0.25) is 0 Å². The van der Waals surface area contributed by atoms with E-state index in [0.29, 0.717) is 16.5 Å². The van der Waals surface area contributed by atoms with Crippen LogP contribution in [0, 0.1) is 0 Å². The van der Waals surface area contributed by atoms with E-state index in [1.807, 2.05) is 43.3 Å². The summed E-state index contributed by atoms with van der Waals surface area (Å²) in [6.45, 7) is 2.13. The highest BCUT2D eigenvalue weighted by atomic mass is 35.5. The van der Waals surface area contributed by atoms with E-state index in [9.17, 15) is 0 Å². The van der Waals surface area contributed by atoms with Crippen molar-refractivity contribution in [1.29, 1.82) is 0 Å². The smallest absolute Gasteiger partial charge is 0.231 e. The third kappa shape index (κ3) is 2.91. The summed E-state index contributed by atoms with van der Waals surface area (Å²) in [4.78, 5) is 0. The van der Waals surface area contributed by atoms with Crippen molar-refractivity contribution in [2.24, 2.45) is 5.73 Å². The number of hydrogen-bond donors (Lipinski definition) is 1. The van der Waals surface area contributed by atoms with E-state index < -0.39 is 0 Å². The summed E-state index contributed by atoms with van der Waals surface area (Å²) in [5, 5.41) is 0.639. The molecule has 0 fully saturated rings. The summed E-state index contributed by atoms with van der Waals surface area (Å²) in [5.41, 5.74) is 6.93. The second-order valence-corrected chi connectivity index (χ2v) is 5.34. The van der Waals surface area contributed by atoms with Crippen LogP contribution in [-0.2, 0) is 0 Å². The van der Waals surface area contributed by atoms with Gasteiger partial charge < -0.3 is 19.9 Å². The molecule has 110 valence electrons. The number of halogens is 1. The zero-order valence-electron chi connectivity index (χ0n) is 11.6. The molecule has 0 radical (unpaired) electrons. The van der Waals surface area contributed by atoms with Crippen molar-refractivity contribution in [3.05, 3.63) is 53.1 Å². The summed E-state index contributed by atoms with van der Waals surface area (Å²) >= 11 is 6.24. The zero-order chi connectivity index (χ0) is 14.8. The number of ether oxygens (including phenoxy) is 3. The van der Waals surface area contributed by atoms with Crippen LogP contribution in [-0.4, -0.2) is 12.8 Å². The molecule has 1 aliphatic rings. The summed E-state index contributed by atoms with van der Waals surface area (Å²) < 4.78 is 16.7. The van der Waals surface area contributed by atoms with Crippen LogP contribution in [0.25, 0.3) is 0 Å². The number of fused-ring (bicyclic) bond motifs is 1. The van der Waals surface area contributed by atoms with Gasteiger partial charge in [-0.05, 0) is 25.1 Å². The highest BCUT2D eigenvalue weighted by Crippen LogP contribution is 2.37. The van der Waals surface area contributed by atoms with Gasteiger partial charge in [0.15, 0.2) is 11.5 Å². The van der Waals surface area contributed by atoms with Gasteiger partial charge in [0.25, 0.3) is 0 Å². The molecule has 2 N–H and O–H groups in total. The van der Waals surface area contributed by atoms with Crippen LogP contribution >= 0.6 is 11.6 Å². The highest BCUT2D eigenvalue weighted by molar-refractivity contribution is 6.31. The first-order valence-electron chi connectivity index (χ1n) is 6.71. The first kappa shape index (κ1) is 14.0. The summed E-state index contributed by atoms with van der Waals surface area (Å²) in [7, 11) is 0. The minimum atomic E-state index is -0.334. The Labute approximate surface area is 128 Å². The molecule has 1 aliphatic heterocycles. The van der Waals surface area contributed by atoms with E-state index in [-0.39, 0.29) is 18.9 Å². The van der Waals surface area contributed by atoms with Crippen LogP contribution in [0.3, 0.4) is 0 Å². The van der Waals surface area contributed by atoms with Crippen LogP contribution < -0.4 is 19.9 Å². The van der Waals surface area contributed by atoms with Gasteiger partial charge in [0.2, 0.25) is 6.79 Å². The van der Waals surface area contributed by atoms with E-state index in [0.717, 1.165) is 11.3 Å². The van der Waals surface area contributed by atoms with Crippen LogP contribution in [0.1, 0.15) is 18.6 Å². The van der Waals surface area contributed by atoms with Gasteiger partial charge in [-0.1, -0.05) is 29.8 Å². The zero-order valence-corrected chi connectivity index (χ0v) is 12.3. The Bertz CT molecular complexity index is 645. The van der Waals surface area contributed by atoms with E-state index in [4.69, 9.17) is 31.5 Å². The quantitative estimate of drug-likeness (QED) is 0.939. The molecule has 2 unspecified atom stereocenters. The molecule has 2 atom stereocenters. The lowest BCUT2D eigenvalue weighted by atomic mass is 10.0. The third-order valence-corrected chi connectivity index (χ3v) is 3.64. The second kappa shape index (κ2) is 5.84. The van der Waals surface area contributed by atoms with Crippen molar-refractivity contribution in [2.75, 3.05) is 6.79 Å². The molecule has 0 spiro atoms. The Morgan fingerprint density at radius 3 is 2.67 bits per heavy atom. The molecule has 2 aromatic rings. The monoisotopic (exact) mass is 305 g/mol. The fraction of sp³-hybridized carbons (Fsp3) is 0.250. The maximum Gasteiger partial charge on any atom is 0.231 e. The van der Waals surface area contributed by atoms with Crippen LogP contribution in [0.2, 0.25) is 5.02 Å². The standard InChI is InChI=1S/C16H16ClNO3/c1-10(18)16(12-4-2-3-5-13(12)17)21-11-6-7-14-15(8-11)20-9-19-14/h2-8,10,16H,9,18H2,1H3. The number of hydrogen-bond acceptors (Lipinski definition) is 4. The molecule has 0 saturated heterocycles. The van der Waals surface area contributed by atoms with Crippen molar-refractivity contribution in [3.8, 4) is 17.2 Å². The minimum absolute atomic E-state index is 0.213. The van der Waals surface area contributed by atoms with E-state index in [1.165, 1.54) is 0 Å². The fourth-order valence-electron chi connectivity index (χ4n) is 2.26. The van der Waals surface area contributed by atoms with Gasteiger partial charge in [0, 0.05) is 22.7 Å². The number of nitrogens with two attached hydrogens (primary N) is 1. The maximum absolute atomic E-state index is 6.24. The fourth-order valence-corrected chi connectivity index (χ4v) is 2.50. The lowest BCUT2D eigenvalue weighted by molar-refractivity contribution is 0.171. The van der Waals surface area contributed by atoms with Crippen molar-refractivity contribution in [3.63, 3.8) is 0 Å². The lowest BCUT2D eigenvalue weighted by Gasteiger charge is -2.24. The maximum atomic E-state index is 6.24. The van der Waals surface area contributed by atoms with Gasteiger partial charge in [-0.15, -0.1) is 0 Å². The molecule has 0 bridgehead atoms. The van der Waals surface area contributed by atoms with Crippen LogP contribution in [0.4, 0.5) is 0 Å². The van der Waals surface area contributed by atoms with E-state index >= 15 is 0 Å². The van der Waals surface area contributed by atoms with Gasteiger partial charge in [-0.2, -0.15) is 0 Å². The molecular weight excluding hydrogens is 290 g/mol. The first-order chi connectivity index (χ1) is 10.1. The Morgan fingerprint density at radius 1 is 1.14 bits per heavy atom. The van der Waals surface area contributed by atoms with Gasteiger partial charge in [-0.25, -0.2) is 0 Å². The second-order valence-electron chi connectivity index (χ2n) is 4.93. The average Bonchev–Trinajstić information content (AvgIpc) is 2.93. The van der Waals surface area contributed by atoms with Crippen molar-refractivity contribution in [2.45, 2.75) is 19.1 Å². The molecular formula is C16H16ClNO3. The van der Waals surface area contributed by atoms with Gasteiger partial charge in [0.05, 0.1) is 0 Å². The Kier molecular flexibility index (Phi) is 3.90. The molecule has 0 aromatic heterocycles. The predicted molar refractivity (Wildman–Crippen MR) is 81.0 cm³/mol. The highest BCUT2D eigenvalue weighted by Gasteiger charge is 2.22. The predicted octanol–water partition coefficient (Wildman–Crippen LogP) is 3.54. The van der Waals surface area contributed by atoms with Gasteiger partial charge >= 0.3 is 0 Å². The first-order valence-corrected chi connectivity index (χ1v) is 7.09. The molecule has 1 heterocycles. The van der Waals surface area contributed by atoms with Crippen molar-refractivity contribution < 1.29 is 14.2 Å². The largest absolute Gasteiger partial charge is 0.484 e. The molecule has 2 aromatic carbocycles. The molecule has 0 amide bonds. The third-order valence-electron chi connectivity index (χ3n) is 3.30. The van der Waals surface area contributed by atoms with E-state index in [1.54, 1.807) is 6.07 Å². The van der Waals surface area contributed by atoms with Crippen LogP contribution in [0.5, 0.6) is 17.2 Å². The molecule has 21 heavy (non-hydrogen) atoms. The summed E-state index contributed by atoms with van der Waals surface area (Å²) in [6, 6.07) is 12.8. The lowest BCUT2D eigenvalue weighted by Crippen LogP contribution is -2.29. The Balaban J connectivity index is 1.88. The van der Waals surface area contributed by atoms with Crippen LogP contribution in [0.15, 0.2) is 42.5 Å². The van der Waals surface area contributed by atoms with Gasteiger partial charge in [0.1, 0.15) is 11.9 Å². The molecule has 0 aliphatic carbocycles. The molecule has 0 saturated carbocycles. The normalized spacial score (nSPS) is 15.6. The Morgan fingerprint density at radius 2 is 1.90 bits per heavy atom. The molecule has 5 heteroatoms. The average molecular weight is 306 g/mol. The Hall–Kier alpha value is -1.91. The number of rotatable bonds is 4.